The Morgan fingerprint density at radius 3 is 2.64 bits per heavy atom. The summed E-state index contributed by atoms with van der Waals surface area (Å²) in [6.45, 7) is 6.68. The molecule has 0 aromatic carbocycles. The fraction of sp³-hybridized carbons (Fsp3) is 0.429. The molecule has 62 valence electrons. The quantitative estimate of drug-likeness (QED) is 0.471. The summed E-state index contributed by atoms with van der Waals surface area (Å²) >= 11 is 0. The van der Waals surface area contributed by atoms with E-state index in [1.165, 1.54) is 0 Å². The van der Waals surface area contributed by atoms with Gasteiger partial charge in [0.25, 0.3) is 0 Å². The summed E-state index contributed by atoms with van der Waals surface area (Å²) in [5.41, 5.74) is 0. The molecule has 1 N–H and O–H groups in total. The van der Waals surface area contributed by atoms with Crippen molar-refractivity contribution in [3.05, 3.63) is 12.8 Å². The number of nitrogens with one attached hydrogen (secondary N) is 1. The lowest BCUT2D eigenvalue weighted by molar-refractivity contribution is -0.440. The van der Waals surface area contributed by atoms with Gasteiger partial charge in [-0.3, -0.25) is 5.32 Å². The lowest BCUT2D eigenvalue weighted by Crippen LogP contribution is -2.16. The number of hydrogen-bond acceptors (Lipinski definition) is 3. The van der Waals surface area contributed by atoms with E-state index < -0.39 is 5.97 Å². The lowest BCUT2D eigenvalue weighted by Gasteiger charge is -1.81. The van der Waals surface area contributed by atoms with E-state index in [0.717, 1.165) is 20.0 Å². The predicted molar refractivity (Wildman–Crippen MR) is 40.1 cm³/mol. The van der Waals surface area contributed by atoms with Crippen LogP contribution >= 0.6 is 0 Å². The maximum Gasteiger partial charge on any atom is 0.236 e. The van der Waals surface area contributed by atoms with Gasteiger partial charge < -0.3 is 9.90 Å². The molecule has 0 bridgehead atoms. The molecule has 0 unspecified atom stereocenters. The van der Waals surface area contributed by atoms with Crippen molar-refractivity contribution in [1.82, 2.24) is 5.32 Å². The molecule has 4 nitrogen and oxygen atoms in total. The molecule has 11 heavy (non-hydrogen) atoms. The first-order valence-corrected chi connectivity index (χ1v) is 3.29. The smallest absolute Gasteiger partial charge is 0.236 e. The molecule has 0 radical (unpaired) electrons. The van der Waals surface area contributed by atoms with Crippen LogP contribution in [0.15, 0.2) is 12.8 Å². The fourth-order valence-electron chi connectivity index (χ4n) is 0.584. The van der Waals surface area contributed by atoms with Crippen molar-refractivity contribution in [2.45, 2.75) is 6.92 Å². The molecule has 0 aromatic rings. The zero-order chi connectivity index (χ0) is 8.69. The number of carboxylic acids is 1. The van der Waals surface area contributed by atoms with Crippen molar-refractivity contribution in [3.63, 3.8) is 0 Å². The first-order chi connectivity index (χ1) is 5.16. The second-order valence-corrected chi connectivity index (χ2v) is 2.00. The molecule has 1 rings (SSSR count). The molecule has 0 fully saturated rings. The van der Waals surface area contributed by atoms with Crippen LogP contribution < -0.4 is 10.4 Å². The summed E-state index contributed by atoms with van der Waals surface area (Å²) < 4.78 is 2.01. The molecule has 0 aromatic heterocycles. The summed E-state index contributed by atoms with van der Waals surface area (Å²) in [6, 6.07) is 0. The summed E-state index contributed by atoms with van der Waals surface area (Å²) in [7, 11) is 0. The molecule has 0 saturated carbocycles. The third-order valence-electron chi connectivity index (χ3n) is 1.01. The van der Waals surface area contributed by atoms with Gasteiger partial charge >= 0.3 is 0 Å². The highest BCUT2D eigenvalue weighted by molar-refractivity contribution is 5.60. The van der Waals surface area contributed by atoms with Gasteiger partial charge in [0.05, 0.1) is 6.20 Å². The molecular weight excluding hydrogens is 144 g/mol. The van der Waals surface area contributed by atoms with Crippen molar-refractivity contribution in [3.8, 4) is 0 Å². The van der Waals surface area contributed by atoms with E-state index in [4.69, 9.17) is 9.90 Å². The van der Waals surface area contributed by atoms with E-state index in [2.05, 4.69) is 11.9 Å². The average molecular weight is 156 g/mol. The van der Waals surface area contributed by atoms with E-state index in [9.17, 15) is 0 Å². The van der Waals surface area contributed by atoms with E-state index in [0.29, 0.717) is 0 Å². The maximum atomic E-state index is 8.89. The Bertz CT molecular complexity index is 171. The Morgan fingerprint density at radius 1 is 1.91 bits per heavy atom. The van der Waals surface area contributed by atoms with Crippen LogP contribution in [0.1, 0.15) is 6.92 Å². The third kappa shape index (κ3) is 6.57. The minimum atomic E-state index is -1.08. The molecule has 0 atom stereocenters. The standard InChI is InChI=1S/C5H8N2.C2H4O2/c1-2-7-4-3-6-5-7;1-2(3)4/h2,5H,1,3-4H2;1H3,(H,3,4). The normalized spacial score (nSPS) is 13.7. The highest BCUT2D eigenvalue weighted by atomic mass is 16.4. The van der Waals surface area contributed by atoms with Gasteiger partial charge in [-0.1, -0.05) is 6.58 Å². The topological polar surface area (TPSA) is 55.2 Å². The maximum absolute atomic E-state index is 8.89. The van der Waals surface area contributed by atoms with Crippen LogP contribution in [0, 0.1) is 0 Å². The Hall–Kier alpha value is -1.32. The number of hydrogen-bond donors (Lipinski definition) is 1. The molecule has 0 aliphatic carbocycles. The zero-order valence-corrected chi connectivity index (χ0v) is 6.54. The lowest BCUT2D eigenvalue weighted by atomic mass is 10.6. The Balaban J connectivity index is 0.000000218. The second-order valence-electron chi connectivity index (χ2n) is 2.00. The molecule has 1 aliphatic heterocycles. The molecule has 4 heteroatoms. The Morgan fingerprint density at radius 2 is 2.45 bits per heavy atom. The zero-order valence-electron chi connectivity index (χ0n) is 6.54. The van der Waals surface area contributed by atoms with Gasteiger partial charge in [-0.2, -0.15) is 0 Å². The van der Waals surface area contributed by atoms with Crippen LogP contribution in [0.2, 0.25) is 0 Å². The molecule has 0 spiro atoms. The number of carbonyl (C=O) groups is 1. The van der Waals surface area contributed by atoms with E-state index in [-0.39, 0.29) is 0 Å². The minimum Gasteiger partial charge on any atom is -0.550 e. The van der Waals surface area contributed by atoms with Gasteiger partial charge in [0.1, 0.15) is 13.1 Å². The van der Waals surface area contributed by atoms with Crippen molar-refractivity contribution in [1.29, 1.82) is 0 Å². The third-order valence-corrected chi connectivity index (χ3v) is 1.01. The highest BCUT2D eigenvalue weighted by Gasteiger charge is 2.01. The summed E-state index contributed by atoms with van der Waals surface area (Å²) in [5.74, 6) is -1.08. The van der Waals surface area contributed by atoms with Gasteiger partial charge in [0.15, 0.2) is 0 Å². The van der Waals surface area contributed by atoms with Crippen LogP contribution in [0.5, 0.6) is 0 Å². The number of aliphatic carboxylic acids is 1. The summed E-state index contributed by atoms with van der Waals surface area (Å²) in [5, 5.41) is 11.9. The Labute approximate surface area is 65.9 Å². The van der Waals surface area contributed by atoms with Crippen LogP contribution in [-0.4, -0.2) is 30.0 Å². The molecule has 0 amide bonds. The number of nitrogens with zero attached hydrogens (tertiary/aromatic N) is 1. The molecule has 1 aliphatic rings. The number of carboxylic acid groups (broad SMARTS) is 1. The van der Waals surface area contributed by atoms with E-state index in [1.54, 1.807) is 6.20 Å². The largest absolute Gasteiger partial charge is 0.550 e. The van der Waals surface area contributed by atoms with Crippen LogP contribution in [-0.2, 0) is 4.79 Å². The molecule has 0 saturated heterocycles. The van der Waals surface area contributed by atoms with Gasteiger partial charge in [0.2, 0.25) is 6.34 Å². The van der Waals surface area contributed by atoms with Crippen molar-refractivity contribution >= 4 is 12.3 Å². The number of carbonyl (C=O) groups excluding carboxylic acids is 1. The fourth-order valence-corrected chi connectivity index (χ4v) is 0.584. The van der Waals surface area contributed by atoms with E-state index in [1.807, 2.05) is 10.9 Å². The molecule has 1 heterocycles. The Kier molecular flexibility index (Phi) is 4.81. The van der Waals surface area contributed by atoms with Gasteiger partial charge in [-0.15, -0.1) is 0 Å². The van der Waals surface area contributed by atoms with Gasteiger partial charge in [-0.25, -0.2) is 4.58 Å². The van der Waals surface area contributed by atoms with Gasteiger partial charge in [0, 0.05) is 5.97 Å². The highest BCUT2D eigenvalue weighted by Crippen LogP contribution is 1.76. The first kappa shape index (κ1) is 9.68. The van der Waals surface area contributed by atoms with Gasteiger partial charge in [-0.05, 0) is 6.92 Å². The van der Waals surface area contributed by atoms with Crippen molar-refractivity contribution < 1.29 is 14.5 Å². The first-order valence-electron chi connectivity index (χ1n) is 3.29. The van der Waals surface area contributed by atoms with E-state index >= 15 is 0 Å². The van der Waals surface area contributed by atoms with Crippen molar-refractivity contribution in [2.75, 3.05) is 13.1 Å². The molecular formula is C7H12N2O2. The monoisotopic (exact) mass is 156 g/mol. The van der Waals surface area contributed by atoms with Crippen LogP contribution in [0.4, 0.5) is 0 Å². The summed E-state index contributed by atoms with van der Waals surface area (Å²) in [6.07, 6.45) is 3.73. The summed E-state index contributed by atoms with van der Waals surface area (Å²) in [4.78, 5) is 8.89. The predicted octanol–water partition coefficient (Wildman–Crippen LogP) is -1.47. The second kappa shape index (κ2) is 5.46. The minimum absolute atomic E-state index is 0.972. The van der Waals surface area contributed by atoms with Crippen LogP contribution in [0.25, 0.3) is 0 Å². The SMILES string of the molecule is C=C[N+]1=CNCC1.CC(=O)[O-]. The average Bonchev–Trinajstić information content (AvgIpc) is 2.36. The number of rotatable bonds is 1. The van der Waals surface area contributed by atoms with Crippen molar-refractivity contribution in [2.24, 2.45) is 0 Å². The van der Waals surface area contributed by atoms with Crippen LogP contribution in [0.3, 0.4) is 0 Å².